The molecule has 0 unspecified atom stereocenters. The summed E-state index contributed by atoms with van der Waals surface area (Å²) in [6.45, 7) is 2.76. The first-order chi connectivity index (χ1) is 9.15. The zero-order valence-electron chi connectivity index (χ0n) is 11.1. The average Bonchev–Trinajstić information content (AvgIpc) is 2.78. The first kappa shape index (κ1) is 13.2. The quantitative estimate of drug-likeness (QED) is 0.835. The highest BCUT2D eigenvalue weighted by atomic mass is 16.1. The summed E-state index contributed by atoms with van der Waals surface area (Å²) in [5, 5.41) is 13.5. The minimum atomic E-state index is -0.0778. The van der Waals surface area contributed by atoms with Crippen molar-refractivity contribution in [3.63, 3.8) is 0 Å². The molecule has 0 radical (unpaired) electrons. The van der Waals surface area contributed by atoms with Gasteiger partial charge in [-0.3, -0.25) is 4.79 Å². The number of aryl methyl sites for hydroxylation is 2. The lowest BCUT2D eigenvalue weighted by molar-refractivity contribution is -0.115. The fourth-order valence-electron chi connectivity index (χ4n) is 1.60. The summed E-state index contributed by atoms with van der Waals surface area (Å²) in [5.41, 5.74) is 1.97. The fourth-order valence-corrected chi connectivity index (χ4v) is 1.60. The number of nitrogens with one attached hydrogen (secondary N) is 2. The van der Waals surface area contributed by atoms with Gasteiger partial charge < -0.3 is 15.2 Å². The number of benzene rings is 1. The van der Waals surface area contributed by atoms with Crippen molar-refractivity contribution in [3.05, 3.63) is 42.0 Å². The molecule has 2 rings (SSSR count). The van der Waals surface area contributed by atoms with Crippen molar-refractivity contribution in [1.29, 1.82) is 0 Å². The van der Waals surface area contributed by atoms with Crippen LogP contribution in [0, 0.1) is 6.92 Å². The minimum absolute atomic E-state index is 0.0778. The highest BCUT2D eigenvalue weighted by Gasteiger charge is 2.04. The summed E-state index contributed by atoms with van der Waals surface area (Å²) >= 11 is 0. The highest BCUT2D eigenvalue weighted by molar-refractivity contribution is 5.92. The number of carbonyl (C=O) groups excluding carboxylic acids is 1. The van der Waals surface area contributed by atoms with Crippen LogP contribution >= 0.6 is 0 Å². The number of aromatic nitrogens is 3. The molecule has 1 amide bonds. The molecule has 0 aliphatic carbocycles. The van der Waals surface area contributed by atoms with Crippen LogP contribution in [0.15, 0.2) is 30.6 Å². The predicted octanol–water partition coefficient (Wildman–Crippen LogP) is 0.852. The number of hydrogen-bond donors (Lipinski definition) is 2. The maximum Gasteiger partial charge on any atom is 0.238 e. The third kappa shape index (κ3) is 3.89. The van der Waals surface area contributed by atoms with Crippen molar-refractivity contribution in [2.45, 2.75) is 13.5 Å². The van der Waals surface area contributed by atoms with Crippen LogP contribution in [-0.4, -0.2) is 27.2 Å². The summed E-state index contributed by atoms with van der Waals surface area (Å²) < 4.78 is 1.81. The third-order valence-corrected chi connectivity index (χ3v) is 2.71. The molecule has 0 atom stereocenters. The first-order valence-corrected chi connectivity index (χ1v) is 6.05. The summed E-state index contributed by atoms with van der Waals surface area (Å²) in [7, 11) is 1.86. The number of rotatable bonds is 5. The summed E-state index contributed by atoms with van der Waals surface area (Å²) in [5.74, 6) is 0.717. The van der Waals surface area contributed by atoms with E-state index in [0.29, 0.717) is 6.54 Å². The Morgan fingerprint density at radius 3 is 2.68 bits per heavy atom. The van der Waals surface area contributed by atoms with E-state index in [2.05, 4.69) is 20.8 Å². The van der Waals surface area contributed by atoms with Crippen LogP contribution in [0.25, 0.3) is 0 Å². The van der Waals surface area contributed by atoms with E-state index in [1.807, 2.05) is 42.8 Å². The number of anilines is 1. The monoisotopic (exact) mass is 259 g/mol. The van der Waals surface area contributed by atoms with Crippen LogP contribution in [0.3, 0.4) is 0 Å². The third-order valence-electron chi connectivity index (χ3n) is 2.71. The highest BCUT2D eigenvalue weighted by Crippen LogP contribution is 2.07. The molecule has 1 aromatic heterocycles. The normalized spacial score (nSPS) is 10.4. The van der Waals surface area contributed by atoms with Crippen molar-refractivity contribution in [3.8, 4) is 0 Å². The van der Waals surface area contributed by atoms with Crippen molar-refractivity contribution in [2.24, 2.45) is 7.05 Å². The molecule has 1 heterocycles. The van der Waals surface area contributed by atoms with E-state index in [-0.39, 0.29) is 12.5 Å². The molecule has 0 spiro atoms. The Morgan fingerprint density at radius 2 is 2.05 bits per heavy atom. The molecule has 19 heavy (non-hydrogen) atoms. The number of hydrogen-bond acceptors (Lipinski definition) is 4. The largest absolute Gasteiger partial charge is 0.325 e. The van der Waals surface area contributed by atoms with Crippen LogP contribution in [-0.2, 0) is 18.4 Å². The minimum Gasteiger partial charge on any atom is -0.325 e. The van der Waals surface area contributed by atoms with E-state index in [0.717, 1.165) is 11.5 Å². The van der Waals surface area contributed by atoms with Gasteiger partial charge in [-0.25, -0.2) is 0 Å². The molecule has 0 fully saturated rings. The van der Waals surface area contributed by atoms with Crippen LogP contribution in [0.2, 0.25) is 0 Å². The lowest BCUT2D eigenvalue weighted by Gasteiger charge is -2.06. The van der Waals surface area contributed by atoms with Crippen LogP contribution in [0.1, 0.15) is 11.4 Å². The topological polar surface area (TPSA) is 71.8 Å². The van der Waals surface area contributed by atoms with E-state index in [1.165, 1.54) is 5.56 Å². The lowest BCUT2D eigenvalue weighted by Crippen LogP contribution is -2.28. The smallest absolute Gasteiger partial charge is 0.238 e. The molecule has 2 N–H and O–H groups in total. The van der Waals surface area contributed by atoms with Gasteiger partial charge in [-0.1, -0.05) is 17.7 Å². The van der Waals surface area contributed by atoms with Crippen molar-refractivity contribution >= 4 is 11.6 Å². The van der Waals surface area contributed by atoms with E-state index >= 15 is 0 Å². The van der Waals surface area contributed by atoms with E-state index in [4.69, 9.17) is 0 Å². The van der Waals surface area contributed by atoms with E-state index in [9.17, 15) is 4.79 Å². The van der Waals surface area contributed by atoms with Gasteiger partial charge in [0.25, 0.3) is 0 Å². The molecule has 2 aromatic rings. The molecule has 0 saturated carbocycles. The summed E-state index contributed by atoms with van der Waals surface area (Å²) in [6, 6.07) is 7.69. The number of nitrogens with zero attached hydrogens (tertiary/aromatic N) is 3. The van der Waals surface area contributed by atoms with Gasteiger partial charge in [0.05, 0.1) is 13.1 Å². The van der Waals surface area contributed by atoms with Gasteiger partial charge in [0.15, 0.2) is 0 Å². The Balaban J connectivity index is 1.76. The van der Waals surface area contributed by atoms with E-state index in [1.54, 1.807) is 6.33 Å². The molecule has 0 bridgehead atoms. The molecule has 6 nitrogen and oxygen atoms in total. The Hall–Kier alpha value is -2.21. The molecule has 0 aliphatic heterocycles. The predicted molar refractivity (Wildman–Crippen MR) is 72.5 cm³/mol. The maximum absolute atomic E-state index is 11.7. The van der Waals surface area contributed by atoms with Gasteiger partial charge in [-0.15, -0.1) is 10.2 Å². The lowest BCUT2D eigenvalue weighted by atomic mass is 10.2. The van der Waals surface area contributed by atoms with Crippen molar-refractivity contribution in [1.82, 2.24) is 20.1 Å². The van der Waals surface area contributed by atoms with Gasteiger partial charge in [0.2, 0.25) is 5.91 Å². The van der Waals surface area contributed by atoms with Gasteiger partial charge in [-0.2, -0.15) is 0 Å². The zero-order valence-corrected chi connectivity index (χ0v) is 11.1. The Labute approximate surface area is 111 Å². The van der Waals surface area contributed by atoms with Crippen LogP contribution in [0.5, 0.6) is 0 Å². The Bertz CT molecular complexity index is 546. The SMILES string of the molecule is Cc1ccc(NC(=O)CNCc2nncn2C)cc1. The van der Waals surface area contributed by atoms with Crippen LogP contribution in [0.4, 0.5) is 5.69 Å². The standard InChI is InChI=1S/C13H17N5O/c1-10-3-5-11(6-4-10)16-13(19)8-14-7-12-17-15-9-18(12)2/h3-6,9,14H,7-8H2,1-2H3,(H,16,19). The second-order valence-electron chi connectivity index (χ2n) is 4.38. The van der Waals surface area contributed by atoms with E-state index < -0.39 is 0 Å². The summed E-state index contributed by atoms with van der Waals surface area (Å²) in [4.78, 5) is 11.7. The fraction of sp³-hybridized carbons (Fsp3) is 0.308. The molecular weight excluding hydrogens is 242 g/mol. The van der Waals surface area contributed by atoms with Crippen LogP contribution < -0.4 is 10.6 Å². The zero-order chi connectivity index (χ0) is 13.7. The molecular formula is C13H17N5O. The molecule has 0 saturated heterocycles. The van der Waals surface area contributed by atoms with Crippen molar-refractivity contribution in [2.75, 3.05) is 11.9 Å². The molecule has 6 heteroatoms. The van der Waals surface area contributed by atoms with Gasteiger partial charge in [0, 0.05) is 12.7 Å². The number of carbonyl (C=O) groups is 1. The average molecular weight is 259 g/mol. The number of amides is 1. The van der Waals surface area contributed by atoms with Crippen molar-refractivity contribution < 1.29 is 4.79 Å². The molecule has 0 aliphatic rings. The van der Waals surface area contributed by atoms with Gasteiger partial charge in [0.1, 0.15) is 12.2 Å². The molecule has 100 valence electrons. The van der Waals surface area contributed by atoms with Gasteiger partial charge in [-0.05, 0) is 19.1 Å². The Morgan fingerprint density at radius 1 is 1.32 bits per heavy atom. The maximum atomic E-state index is 11.7. The summed E-state index contributed by atoms with van der Waals surface area (Å²) in [6.07, 6.45) is 1.63. The Kier molecular flexibility index (Phi) is 4.25. The second kappa shape index (κ2) is 6.10. The second-order valence-corrected chi connectivity index (χ2v) is 4.38. The first-order valence-electron chi connectivity index (χ1n) is 6.05. The molecule has 1 aromatic carbocycles. The van der Waals surface area contributed by atoms with Gasteiger partial charge >= 0.3 is 0 Å².